The Morgan fingerprint density at radius 3 is 2.33 bits per heavy atom. The van der Waals surface area contributed by atoms with E-state index < -0.39 is 0 Å². The van der Waals surface area contributed by atoms with Crippen molar-refractivity contribution in [2.45, 2.75) is 27.2 Å². The van der Waals surface area contributed by atoms with Crippen molar-refractivity contribution >= 4 is 10.8 Å². The molecule has 21 heavy (non-hydrogen) atoms. The maximum absolute atomic E-state index is 2.31. The molecular formula is C21H22. The molecule has 3 aromatic carbocycles. The third-order valence-corrected chi connectivity index (χ3v) is 3.95. The van der Waals surface area contributed by atoms with Gasteiger partial charge < -0.3 is 0 Å². The van der Waals surface area contributed by atoms with Crippen LogP contribution in [-0.2, 0) is 6.42 Å². The second-order valence-electron chi connectivity index (χ2n) is 6.32. The Morgan fingerprint density at radius 2 is 1.57 bits per heavy atom. The van der Waals surface area contributed by atoms with E-state index in [1.54, 1.807) is 0 Å². The first kappa shape index (κ1) is 13.9. The minimum atomic E-state index is 0.687. The van der Waals surface area contributed by atoms with Gasteiger partial charge in [0.25, 0.3) is 0 Å². The van der Waals surface area contributed by atoms with Crippen LogP contribution in [0.15, 0.2) is 60.7 Å². The molecule has 0 aliphatic heterocycles. The zero-order valence-electron chi connectivity index (χ0n) is 13.1. The Hall–Kier alpha value is -2.08. The van der Waals surface area contributed by atoms with E-state index in [0.717, 1.165) is 6.42 Å². The summed E-state index contributed by atoms with van der Waals surface area (Å²) in [5, 5.41) is 2.73. The second-order valence-corrected chi connectivity index (χ2v) is 6.32. The lowest BCUT2D eigenvalue weighted by atomic mass is 9.94. The van der Waals surface area contributed by atoms with Crippen molar-refractivity contribution in [3.63, 3.8) is 0 Å². The highest BCUT2D eigenvalue weighted by atomic mass is 14.1. The zero-order valence-corrected chi connectivity index (χ0v) is 13.1. The normalized spacial score (nSPS) is 11.2. The lowest BCUT2D eigenvalue weighted by Crippen LogP contribution is -1.95. The van der Waals surface area contributed by atoms with Gasteiger partial charge in [0.15, 0.2) is 0 Å². The van der Waals surface area contributed by atoms with Crippen LogP contribution in [0, 0.1) is 12.8 Å². The molecule has 0 heterocycles. The Morgan fingerprint density at radius 1 is 0.810 bits per heavy atom. The highest BCUT2D eigenvalue weighted by Gasteiger charge is 2.05. The third kappa shape index (κ3) is 3.00. The summed E-state index contributed by atoms with van der Waals surface area (Å²) in [5.41, 5.74) is 5.36. The average molecular weight is 274 g/mol. The minimum absolute atomic E-state index is 0.687. The lowest BCUT2D eigenvalue weighted by Gasteiger charge is -2.11. The van der Waals surface area contributed by atoms with Gasteiger partial charge in [-0.25, -0.2) is 0 Å². The van der Waals surface area contributed by atoms with Crippen molar-refractivity contribution in [1.29, 1.82) is 0 Å². The van der Waals surface area contributed by atoms with Crippen LogP contribution in [0.4, 0.5) is 0 Å². The predicted molar refractivity (Wildman–Crippen MR) is 92.7 cm³/mol. The van der Waals surface area contributed by atoms with Crippen molar-refractivity contribution in [2.75, 3.05) is 0 Å². The van der Waals surface area contributed by atoms with E-state index in [1.807, 2.05) is 0 Å². The van der Waals surface area contributed by atoms with Gasteiger partial charge in [0, 0.05) is 0 Å². The average Bonchev–Trinajstić information content (AvgIpc) is 2.46. The van der Waals surface area contributed by atoms with E-state index in [1.165, 1.54) is 33.0 Å². The molecule has 0 atom stereocenters. The molecule has 0 bridgehead atoms. The molecule has 0 aliphatic carbocycles. The van der Waals surface area contributed by atoms with E-state index in [-0.39, 0.29) is 0 Å². The van der Waals surface area contributed by atoms with E-state index in [2.05, 4.69) is 81.4 Å². The standard InChI is InChI=1S/C21H22/c1-15(2)12-19-8-5-9-20-14-18(10-11-21(19)20)17-7-4-6-16(3)13-17/h4-11,13-15H,12H2,1-3H3. The summed E-state index contributed by atoms with van der Waals surface area (Å²) in [7, 11) is 0. The van der Waals surface area contributed by atoms with Gasteiger partial charge in [-0.3, -0.25) is 0 Å². The summed E-state index contributed by atoms with van der Waals surface area (Å²) in [6.07, 6.45) is 1.14. The van der Waals surface area contributed by atoms with Gasteiger partial charge >= 0.3 is 0 Å². The molecular weight excluding hydrogens is 252 g/mol. The van der Waals surface area contributed by atoms with Gasteiger partial charge in [0.05, 0.1) is 0 Å². The van der Waals surface area contributed by atoms with Crippen molar-refractivity contribution in [1.82, 2.24) is 0 Å². The van der Waals surface area contributed by atoms with Gasteiger partial charge in [0.1, 0.15) is 0 Å². The van der Waals surface area contributed by atoms with E-state index in [9.17, 15) is 0 Å². The molecule has 0 saturated carbocycles. The maximum atomic E-state index is 2.31. The van der Waals surface area contributed by atoms with Gasteiger partial charge in [-0.2, -0.15) is 0 Å². The summed E-state index contributed by atoms with van der Waals surface area (Å²) in [4.78, 5) is 0. The number of aryl methyl sites for hydroxylation is 1. The first-order valence-electron chi connectivity index (χ1n) is 7.72. The maximum Gasteiger partial charge on any atom is -0.0151 e. The molecule has 0 aliphatic rings. The van der Waals surface area contributed by atoms with Crippen molar-refractivity contribution in [3.8, 4) is 11.1 Å². The van der Waals surface area contributed by atoms with Crippen LogP contribution in [0.25, 0.3) is 21.9 Å². The minimum Gasteiger partial charge on any atom is -0.0625 e. The molecule has 0 saturated heterocycles. The molecule has 3 aromatic rings. The molecule has 0 spiro atoms. The molecule has 3 rings (SSSR count). The molecule has 0 nitrogen and oxygen atoms in total. The third-order valence-electron chi connectivity index (χ3n) is 3.95. The highest BCUT2D eigenvalue weighted by Crippen LogP contribution is 2.28. The fourth-order valence-electron chi connectivity index (χ4n) is 2.97. The first-order valence-corrected chi connectivity index (χ1v) is 7.72. The Labute approximate surface area is 127 Å². The Kier molecular flexibility index (Phi) is 3.79. The molecule has 0 amide bonds. The summed E-state index contributed by atoms with van der Waals surface area (Å²) in [6, 6.07) is 22.2. The first-order chi connectivity index (χ1) is 10.1. The number of hydrogen-bond acceptors (Lipinski definition) is 0. The zero-order chi connectivity index (χ0) is 14.8. The summed E-state index contributed by atoms with van der Waals surface area (Å²) >= 11 is 0. The van der Waals surface area contributed by atoms with E-state index >= 15 is 0 Å². The van der Waals surface area contributed by atoms with Gasteiger partial charge in [-0.05, 0) is 52.8 Å². The SMILES string of the molecule is Cc1cccc(-c2ccc3c(CC(C)C)cccc3c2)c1. The number of fused-ring (bicyclic) bond motifs is 1. The van der Waals surface area contributed by atoms with Crippen LogP contribution < -0.4 is 0 Å². The predicted octanol–water partition coefficient (Wildman–Crippen LogP) is 6.01. The van der Waals surface area contributed by atoms with Crippen LogP contribution in [0.3, 0.4) is 0 Å². The van der Waals surface area contributed by atoms with Crippen molar-refractivity contribution in [2.24, 2.45) is 5.92 Å². The van der Waals surface area contributed by atoms with E-state index in [4.69, 9.17) is 0 Å². The van der Waals surface area contributed by atoms with Crippen LogP contribution in [-0.4, -0.2) is 0 Å². The molecule has 0 fully saturated rings. The Balaban J connectivity index is 2.09. The highest BCUT2D eigenvalue weighted by molar-refractivity contribution is 5.89. The van der Waals surface area contributed by atoms with Gasteiger partial charge in [-0.1, -0.05) is 74.0 Å². The second kappa shape index (κ2) is 5.73. The molecule has 0 N–H and O–H groups in total. The number of rotatable bonds is 3. The summed E-state index contributed by atoms with van der Waals surface area (Å²) in [5.74, 6) is 0.687. The van der Waals surface area contributed by atoms with Crippen LogP contribution in [0.2, 0.25) is 0 Å². The number of hydrogen-bond donors (Lipinski definition) is 0. The summed E-state index contributed by atoms with van der Waals surface area (Å²) < 4.78 is 0. The monoisotopic (exact) mass is 274 g/mol. The lowest BCUT2D eigenvalue weighted by molar-refractivity contribution is 0.650. The molecule has 0 aromatic heterocycles. The van der Waals surface area contributed by atoms with Crippen molar-refractivity contribution in [3.05, 3.63) is 71.8 Å². The Bertz CT molecular complexity index is 766. The van der Waals surface area contributed by atoms with E-state index in [0.29, 0.717) is 5.92 Å². The van der Waals surface area contributed by atoms with Gasteiger partial charge in [0.2, 0.25) is 0 Å². The van der Waals surface area contributed by atoms with Gasteiger partial charge in [-0.15, -0.1) is 0 Å². The summed E-state index contributed by atoms with van der Waals surface area (Å²) in [6.45, 7) is 6.70. The van der Waals surface area contributed by atoms with Crippen LogP contribution >= 0.6 is 0 Å². The van der Waals surface area contributed by atoms with Crippen molar-refractivity contribution < 1.29 is 0 Å². The molecule has 0 radical (unpaired) electrons. The van der Waals surface area contributed by atoms with Crippen LogP contribution in [0.5, 0.6) is 0 Å². The molecule has 0 unspecified atom stereocenters. The fraction of sp³-hybridized carbons (Fsp3) is 0.238. The quantitative estimate of drug-likeness (QED) is 0.548. The molecule has 106 valence electrons. The fourth-order valence-corrected chi connectivity index (χ4v) is 2.97. The smallest absolute Gasteiger partial charge is 0.0151 e. The number of benzene rings is 3. The topological polar surface area (TPSA) is 0 Å². The van der Waals surface area contributed by atoms with Crippen LogP contribution in [0.1, 0.15) is 25.0 Å². The largest absolute Gasteiger partial charge is 0.0625 e. The molecule has 0 heteroatoms.